The van der Waals surface area contributed by atoms with E-state index < -0.39 is 5.97 Å². The van der Waals surface area contributed by atoms with Crippen molar-refractivity contribution in [3.8, 4) is 0 Å². The number of benzene rings is 1. The Hall–Kier alpha value is -2.70. The number of nitrogens with one attached hydrogen (secondary N) is 2. The van der Waals surface area contributed by atoms with Gasteiger partial charge in [0.15, 0.2) is 0 Å². The summed E-state index contributed by atoms with van der Waals surface area (Å²) in [7, 11) is 0. The fraction of sp³-hybridized carbons (Fsp3) is 0.333. The van der Waals surface area contributed by atoms with Crippen LogP contribution >= 0.6 is 0 Å². The van der Waals surface area contributed by atoms with Gasteiger partial charge in [-0.3, -0.25) is 14.4 Å². The summed E-state index contributed by atoms with van der Waals surface area (Å²) in [5, 5.41) is 19.1. The van der Waals surface area contributed by atoms with Crippen molar-refractivity contribution >= 4 is 22.6 Å². The Morgan fingerprint density at radius 3 is 2.64 bits per heavy atom. The quantitative estimate of drug-likeness (QED) is 0.732. The summed E-state index contributed by atoms with van der Waals surface area (Å²) in [6, 6.07) is 6.91. The van der Waals surface area contributed by atoms with E-state index in [1.807, 2.05) is 12.1 Å². The van der Waals surface area contributed by atoms with Crippen LogP contribution in [-0.4, -0.2) is 33.2 Å². The van der Waals surface area contributed by atoms with Crippen LogP contribution in [0.25, 0.3) is 10.8 Å². The van der Waals surface area contributed by atoms with Crippen LogP contribution in [0.2, 0.25) is 0 Å². The molecule has 1 unspecified atom stereocenters. The summed E-state index contributed by atoms with van der Waals surface area (Å²) >= 11 is 0. The molecule has 0 aliphatic carbocycles. The standard InChI is InChI=1S/C15H17N3O4/c1-9(16-13(19)6-7-14(20)21)8-12-10-4-2-3-5-11(10)15(22)18-17-12/h2-5,9H,6-8H2,1H3,(H,16,19)(H,18,22)(H,20,21). The summed E-state index contributed by atoms with van der Waals surface area (Å²) in [6.45, 7) is 1.81. The van der Waals surface area contributed by atoms with Crippen LogP contribution in [0.3, 0.4) is 0 Å². The summed E-state index contributed by atoms with van der Waals surface area (Å²) in [4.78, 5) is 33.7. The number of carbonyl (C=O) groups excluding carboxylic acids is 1. The third-order valence-corrected chi connectivity index (χ3v) is 3.25. The number of fused-ring (bicyclic) bond motifs is 1. The largest absolute Gasteiger partial charge is 0.481 e. The van der Waals surface area contributed by atoms with Crippen molar-refractivity contribution < 1.29 is 14.7 Å². The van der Waals surface area contributed by atoms with Gasteiger partial charge in [0.25, 0.3) is 5.56 Å². The molecule has 1 aromatic heterocycles. The molecule has 7 nitrogen and oxygen atoms in total. The van der Waals surface area contributed by atoms with Gasteiger partial charge in [-0.25, -0.2) is 5.10 Å². The number of carboxylic acid groups (broad SMARTS) is 1. The number of nitrogens with zero attached hydrogens (tertiary/aromatic N) is 1. The van der Waals surface area contributed by atoms with Crippen LogP contribution in [-0.2, 0) is 16.0 Å². The molecule has 7 heteroatoms. The number of aromatic nitrogens is 2. The third-order valence-electron chi connectivity index (χ3n) is 3.25. The Labute approximate surface area is 126 Å². The van der Waals surface area contributed by atoms with Gasteiger partial charge in [-0.2, -0.15) is 5.10 Å². The Morgan fingerprint density at radius 2 is 1.95 bits per heavy atom. The Kier molecular flexibility index (Phi) is 4.88. The van der Waals surface area contributed by atoms with Crippen molar-refractivity contribution in [2.75, 3.05) is 0 Å². The third kappa shape index (κ3) is 3.91. The van der Waals surface area contributed by atoms with Gasteiger partial charge in [-0.1, -0.05) is 18.2 Å². The molecule has 1 aromatic carbocycles. The molecule has 2 aromatic rings. The van der Waals surface area contributed by atoms with Gasteiger partial charge in [-0.05, 0) is 13.0 Å². The molecular formula is C15H17N3O4. The van der Waals surface area contributed by atoms with Crippen molar-refractivity contribution in [2.45, 2.75) is 32.2 Å². The number of carbonyl (C=O) groups is 2. The molecule has 0 aliphatic rings. The second-order valence-corrected chi connectivity index (χ2v) is 5.11. The highest BCUT2D eigenvalue weighted by Crippen LogP contribution is 2.13. The van der Waals surface area contributed by atoms with Crippen molar-refractivity contribution in [3.63, 3.8) is 0 Å². The summed E-state index contributed by atoms with van der Waals surface area (Å²) < 4.78 is 0. The van der Waals surface area contributed by atoms with Gasteiger partial charge in [0.05, 0.1) is 17.5 Å². The average Bonchev–Trinajstić information content (AvgIpc) is 2.48. The molecule has 1 amide bonds. The minimum Gasteiger partial charge on any atom is -0.481 e. The lowest BCUT2D eigenvalue weighted by Gasteiger charge is -2.14. The number of hydrogen-bond acceptors (Lipinski definition) is 4. The zero-order valence-corrected chi connectivity index (χ0v) is 12.1. The molecule has 0 fully saturated rings. The lowest BCUT2D eigenvalue weighted by molar-refractivity contribution is -0.138. The predicted molar refractivity (Wildman–Crippen MR) is 80.5 cm³/mol. The van der Waals surface area contributed by atoms with E-state index in [9.17, 15) is 14.4 Å². The van der Waals surface area contributed by atoms with Gasteiger partial charge in [0.1, 0.15) is 0 Å². The maximum Gasteiger partial charge on any atom is 0.303 e. The number of carboxylic acids is 1. The smallest absolute Gasteiger partial charge is 0.303 e. The van der Waals surface area contributed by atoms with Gasteiger partial charge in [0.2, 0.25) is 5.91 Å². The normalized spacial score (nSPS) is 12.0. The van der Waals surface area contributed by atoms with E-state index in [1.54, 1.807) is 19.1 Å². The minimum atomic E-state index is -1.00. The van der Waals surface area contributed by atoms with Gasteiger partial charge < -0.3 is 10.4 Å². The fourth-order valence-corrected chi connectivity index (χ4v) is 2.24. The fourth-order valence-electron chi connectivity index (χ4n) is 2.24. The van der Waals surface area contributed by atoms with Crippen molar-refractivity contribution in [1.82, 2.24) is 15.5 Å². The molecule has 0 saturated carbocycles. The van der Waals surface area contributed by atoms with E-state index in [1.165, 1.54) is 0 Å². The van der Waals surface area contributed by atoms with E-state index >= 15 is 0 Å². The molecule has 0 spiro atoms. The first-order valence-electron chi connectivity index (χ1n) is 6.95. The second-order valence-electron chi connectivity index (χ2n) is 5.11. The monoisotopic (exact) mass is 303 g/mol. The Balaban J connectivity index is 2.08. The first kappa shape index (κ1) is 15.7. The number of hydrogen-bond donors (Lipinski definition) is 3. The van der Waals surface area contributed by atoms with Crippen LogP contribution in [0.15, 0.2) is 29.1 Å². The first-order valence-corrected chi connectivity index (χ1v) is 6.95. The number of aromatic amines is 1. The number of rotatable bonds is 6. The highest BCUT2D eigenvalue weighted by atomic mass is 16.4. The Morgan fingerprint density at radius 1 is 1.27 bits per heavy atom. The van der Waals surface area contributed by atoms with Gasteiger partial charge in [-0.15, -0.1) is 0 Å². The van der Waals surface area contributed by atoms with Crippen LogP contribution in [0.1, 0.15) is 25.5 Å². The van der Waals surface area contributed by atoms with E-state index in [0.29, 0.717) is 17.5 Å². The predicted octanol–water partition coefficient (Wildman–Crippen LogP) is 0.835. The van der Waals surface area contributed by atoms with E-state index in [2.05, 4.69) is 15.5 Å². The molecule has 1 atom stereocenters. The lowest BCUT2D eigenvalue weighted by Crippen LogP contribution is -2.34. The maximum atomic E-state index is 11.7. The SMILES string of the molecule is CC(Cc1n[nH]c(=O)c2ccccc12)NC(=O)CCC(=O)O. The maximum absolute atomic E-state index is 11.7. The number of H-pyrrole nitrogens is 1. The summed E-state index contributed by atoms with van der Waals surface area (Å²) in [5.41, 5.74) is 0.429. The van der Waals surface area contributed by atoms with E-state index in [4.69, 9.17) is 5.11 Å². The van der Waals surface area contributed by atoms with Gasteiger partial charge in [0, 0.05) is 24.3 Å². The molecule has 22 heavy (non-hydrogen) atoms. The van der Waals surface area contributed by atoms with E-state index in [0.717, 1.165) is 5.39 Å². The molecule has 0 saturated heterocycles. The van der Waals surface area contributed by atoms with E-state index in [-0.39, 0.29) is 30.3 Å². The zero-order valence-electron chi connectivity index (χ0n) is 12.1. The number of amides is 1. The molecule has 0 bridgehead atoms. The summed E-state index contributed by atoms with van der Waals surface area (Å²) in [5.74, 6) is -1.32. The van der Waals surface area contributed by atoms with Crippen molar-refractivity contribution in [3.05, 3.63) is 40.3 Å². The topological polar surface area (TPSA) is 112 Å². The van der Waals surface area contributed by atoms with Crippen LogP contribution in [0.5, 0.6) is 0 Å². The number of aliphatic carboxylic acids is 1. The molecule has 0 radical (unpaired) electrons. The van der Waals surface area contributed by atoms with Crippen molar-refractivity contribution in [2.24, 2.45) is 0 Å². The van der Waals surface area contributed by atoms with Crippen LogP contribution < -0.4 is 10.9 Å². The lowest BCUT2D eigenvalue weighted by atomic mass is 10.1. The first-order chi connectivity index (χ1) is 10.5. The molecule has 1 heterocycles. The molecule has 116 valence electrons. The van der Waals surface area contributed by atoms with Crippen molar-refractivity contribution in [1.29, 1.82) is 0 Å². The Bertz CT molecular complexity index is 754. The minimum absolute atomic E-state index is 0.0561. The van der Waals surface area contributed by atoms with Gasteiger partial charge >= 0.3 is 5.97 Å². The molecular weight excluding hydrogens is 286 g/mol. The van der Waals surface area contributed by atoms with Crippen LogP contribution in [0, 0.1) is 0 Å². The second kappa shape index (κ2) is 6.84. The van der Waals surface area contributed by atoms with Crippen LogP contribution in [0.4, 0.5) is 0 Å². The summed E-state index contributed by atoms with van der Waals surface area (Å²) in [6.07, 6.45) is 0.188. The molecule has 0 aliphatic heterocycles. The highest BCUT2D eigenvalue weighted by molar-refractivity contribution is 5.83. The molecule has 3 N–H and O–H groups in total. The molecule has 2 rings (SSSR count). The zero-order chi connectivity index (χ0) is 16.1. The highest BCUT2D eigenvalue weighted by Gasteiger charge is 2.13. The average molecular weight is 303 g/mol.